The van der Waals surface area contributed by atoms with E-state index in [1.807, 2.05) is 55.5 Å². The summed E-state index contributed by atoms with van der Waals surface area (Å²) in [5.74, 6) is -0.491. The Kier molecular flexibility index (Phi) is 5.91. The molecule has 3 aromatic carbocycles. The highest BCUT2D eigenvalue weighted by atomic mass is 32.2. The molecule has 0 saturated heterocycles. The van der Waals surface area contributed by atoms with Gasteiger partial charge in [-0.1, -0.05) is 73.7 Å². The Morgan fingerprint density at radius 1 is 0.969 bits per heavy atom. The van der Waals surface area contributed by atoms with Gasteiger partial charge >= 0.3 is 0 Å². The van der Waals surface area contributed by atoms with Crippen molar-refractivity contribution in [1.29, 1.82) is 0 Å². The lowest BCUT2D eigenvalue weighted by molar-refractivity contribution is 0.0803. The first kappa shape index (κ1) is 22.2. The largest absolute Gasteiger partial charge is 0.472 e. The second kappa shape index (κ2) is 8.51. The summed E-state index contributed by atoms with van der Waals surface area (Å²) in [6.45, 7) is 5.35. The molecule has 4 rings (SSSR count). The highest BCUT2D eigenvalue weighted by Gasteiger charge is 2.47. The highest BCUT2D eigenvalue weighted by molar-refractivity contribution is 7.90. The minimum atomic E-state index is -3.90. The van der Waals surface area contributed by atoms with Crippen LogP contribution in [0.25, 0.3) is 11.1 Å². The van der Waals surface area contributed by atoms with E-state index in [2.05, 4.69) is 4.40 Å². The van der Waals surface area contributed by atoms with Gasteiger partial charge in [-0.05, 0) is 54.2 Å². The van der Waals surface area contributed by atoms with Crippen LogP contribution in [0.4, 0.5) is 4.39 Å². The molecule has 1 aliphatic heterocycles. The number of rotatable bonds is 5. The zero-order valence-electron chi connectivity index (χ0n) is 18.3. The van der Waals surface area contributed by atoms with Crippen LogP contribution in [-0.4, -0.2) is 19.9 Å². The smallest absolute Gasteiger partial charge is 0.267 e. The summed E-state index contributed by atoms with van der Waals surface area (Å²) in [4.78, 5) is 0. The lowest BCUT2D eigenvalue weighted by Gasteiger charge is -2.38. The Hall–Kier alpha value is -2.99. The Morgan fingerprint density at radius 2 is 1.62 bits per heavy atom. The van der Waals surface area contributed by atoms with Crippen LogP contribution in [0.2, 0.25) is 0 Å². The quantitative estimate of drug-likeness (QED) is 0.460. The van der Waals surface area contributed by atoms with Crippen LogP contribution in [0, 0.1) is 5.82 Å². The standard InChI is InChI=1S/C26H26FNO3S/c1-18(22-14-7-8-15-23(22)27)16-24-28-32(29,30)25(26(2,3)31-24)21-13-9-12-20(17-21)19-10-5-4-6-11-19/h4-15,17-18,25H,16H2,1-3H3/t18-,25?/m1/s1. The van der Waals surface area contributed by atoms with Gasteiger partial charge in [0, 0.05) is 6.42 Å². The molecule has 1 aliphatic rings. The van der Waals surface area contributed by atoms with Crippen molar-refractivity contribution in [3.8, 4) is 11.1 Å². The van der Waals surface area contributed by atoms with E-state index in [-0.39, 0.29) is 24.1 Å². The first-order valence-corrected chi connectivity index (χ1v) is 12.1. The Balaban J connectivity index is 1.66. The van der Waals surface area contributed by atoms with E-state index < -0.39 is 20.9 Å². The van der Waals surface area contributed by atoms with Crippen molar-refractivity contribution in [2.75, 3.05) is 0 Å². The fourth-order valence-corrected chi connectivity index (χ4v) is 6.10. The van der Waals surface area contributed by atoms with Crippen LogP contribution in [0.3, 0.4) is 0 Å². The van der Waals surface area contributed by atoms with Crippen LogP contribution >= 0.6 is 0 Å². The molecule has 4 nitrogen and oxygen atoms in total. The van der Waals surface area contributed by atoms with Gasteiger partial charge in [0.15, 0.2) is 0 Å². The molecule has 0 spiro atoms. The monoisotopic (exact) mass is 451 g/mol. The second-order valence-electron chi connectivity index (χ2n) is 8.70. The third-order valence-electron chi connectivity index (χ3n) is 5.75. The molecule has 32 heavy (non-hydrogen) atoms. The van der Waals surface area contributed by atoms with E-state index in [9.17, 15) is 12.8 Å². The third kappa shape index (κ3) is 4.46. The number of sulfonamides is 1. The molecule has 1 heterocycles. The predicted octanol–water partition coefficient (Wildman–Crippen LogP) is 6.26. The summed E-state index contributed by atoms with van der Waals surface area (Å²) >= 11 is 0. The lowest BCUT2D eigenvalue weighted by Crippen LogP contribution is -2.43. The molecular weight excluding hydrogens is 425 g/mol. The number of nitrogens with zero attached hydrogens (tertiary/aromatic N) is 1. The minimum absolute atomic E-state index is 0.112. The number of halogens is 1. The van der Waals surface area contributed by atoms with Crippen LogP contribution in [0.1, 0.15) is 49.5 Å². The van der Waals surface area contributed by atoms with Crippen molar-refractivity contribution in [3.05, 3.63) is 95.8 Å². The topological polar surface area (TPSA) is 55.7 Å². The fraction of sp³-hybridized carbons (Fsp3) is 0.269. The van der Waals surface area contributed by atoms with E-state index in [1.165, 1.54) is 6.07 Å². The van der Waals surface area contributed by atoms with Crippen molar-refractivity contribution in [1.82, 2.24) is 0 Å². The molecule has 3 aromatic rings. The highest BCUT2D eigenvalue weighted by Crippen LogP contribution is 2.42. The van der Waals surface area contributed by atoms with E-state index in [0.29, 0.717) is 11.1 Å². The molecule has 6 heteroatoms. The number of benzene rings is 3. The molecule has 166 valence electrons. The first-order chi connectivity index (χ1) is 15.2. The third-order valence-corrected chi connectivity index (χ3v) is 7.65. The van der Waals surface area contributed by atoms with Gasteiger partial charge in [-0.25, -0.2) is 12.8 Å². The van der Waals surface area contributed by atoms with E-state index in [4.69, 9.17) is 4.74 Å². The van der Waals surface area contributed by atoms with Crippen LogP contribution in [-0.2, 0) is 14.8 Å². The fourth-order valence-electron chi connectivity index (χ4n) is 4.34. The maximum absolute atomic E-state index is 14.2. The van der Waals surface area contributed by atoms with Crippen molar-refractivity contribution < 1.29 is 17.5 Å². The van der Waals surface area contributed by atoms with Crippen LogP contribution in [0.5, 0.6) is 0 Å². The van der Waals surface area contributed by atoms with Gasteiger partial charge in [-0.15, -0.1) is 4.40 Å². The van der Waals surface area contributed by atoms with E-state index in [1.54, 1.807) is 38.1 Å². The lowest BCUT2D eigenvalue weighted by atomic mass is 9.93. The molecule has 1 unspecified atom stereocenters. The van der Waals surface area contributed by atoms with Crippen molar-refractivity contribution in [2.24, 2.45) is 4.40 Å². The molecule has 0 amide bonds. The summed E-state index contributed by atoms with van der Waals surface area (Å²) in [5.41, 5.74) is 2.02. The van der Waals surface area contributed by atoms with Gasteiger partial charge in [-0.2, -0.15) is 0 Å². The number of ether oxygens (including phenoxy) is 1. The average molecular weight is 452 g/mol. The van der Waals surface area contributed by atoms with Gasteiger partial charge < -0.3 is 4.74 Å². The summed E-state index contributed by atoms with van der Waals surface area (Å²) in [5, 5.41) is -0.953. The maximum Gasteiger partial charge on any atom is 0.267 e. The molecule has 0 bridgehead atoms. The molecule has 0 saturated carbocycles. The number of hydrogen-bond acceptors (Lipinski definition) is 3. The molecular formula is C26H26FNO3S. The minimum Gasteiger partial charge on any atom is -0.472 e. The molecule has 0 N–H and O–H groups in total. The summed E-state index contributed by atoms with van der Waals surface area (Å²) in [6.07, 6.45) is 0.195. The molecule has 0 aliphatic carbocycles. The zero-order valence-corrected chi connectivity index (χ0v) is 19.1. The van der Waals surface area contributed by atoms with E-state index >= 15 is 0 Å². The SMILES string of the molecule is C[C@H](CC1=NS(=O)(=O)C(c2cccc(-c3ccccc3)c2)C(C)(C)O1)c1ccccc1F. The van der Waals surface area contributed by atoms with Gasteiger partial charge in [0.1, 0.15) is 16.7 Å². The Bertz CT molecular complexity index is 1250. The maximum atomic E-state index is 14.2. The van der Waals surface area contributed by atoms with Crippen LogP contribution < -0.4 is 0 Å². The average Bonchev–Trinajstić information content (AvgIpc) is 2.73. The Labute approximate surface area is 188 Å². The molecule has 2 atom stereocenters. The normalized spacial score (nSPS) is 20.1. The predicted molar refractivity (Wildman–Crippen MR) is 126 cm³/mol. The summed E-state index contributed by atoms with van der Waals surface area (Å²) in [7, 11) is -3.90. The summed E-state index contributed by atoms with van der Waals surface area (Å²) < 4.78 is 50.9. The van der Waals surface area contributed by atoms with Crippen molar-refractivity contribution in [2.45, 2.75) is 44.0 Å². The van der Waals surface area contributed by atoms with Crippen molar-refractivity contribution >= 4 is 15.9 Å². The molecule has 0 aromatic heterocycles. The van der Waals surface area contributed by atoms with Gasteiger partial charge in [-0.3, -0.25) is 0 Å². The first-order valence-electron chi connectivity index (χ1n) is 10.6. The van der Waals surface area contributed by atoms with Gasteiger partial charge in [0.25, 0.3) is 10.0 Å². The van der Waals surface area contributed by atoms with E-state index in [0.717, 1.165) is 11.1 Å². The zero-order chi connectivity index (χ0) is 22.9. The second-order valence-corrected chi connectivity index (χ2v) is 10.4. The van der Waals surface area contributed by atoms with Gasteiger partial charge in [0.2, 0.25) is 5.90 Å². The van der Waals surface area contributed by atoms with Crippen molar-refractivity contribution in [3.63, 3.8) is 0 Å². The van der Waals surface area contributed by atoms with Gasteiger partial charge in [0.05, 0.1) is 0 Å². The molecule has 0 fully saturated rings. The summed E-state index contributed by atoms with van der Waals surface area (Å²) in [6, 6.07) is 23.7. The Morgan fingerprint density at radius 3 is 2.31 bits per heavy atom. The number of hydrogen-bond donors (Lipinski definition) is 0. The molecule has 0 radical (unpaired) electrons. The van der Waals surface area contributed by atoms with Crippen LogP contribution in [0.15, 0.2) is 83.3 Å².